The molecule has 0 aliphatic heterocycles. The van der Waals surface area contributed by atoms with Crippen LogP contribution in [0.1, 0.15) is 0 Å². The second kappa shape index (κ2) is 5.47. The van der Waals surface area contributed by atoms with Gasteiger partial charge in [-0.25, -0.2) is 0 Å². The molecule has 0 atom stereocenters. The van der Waals surface area contributed by atoms with Crippen molar-refractivity contribution in [2.24, 2.45) is 0 Å². The predicted molar refractivity (Wildman–Crippen MR) is 89.3 cm³/mol. The molecule has 20 heavy (non-hydrogen) atoms. The fraction of sp³-hybridized carbons (Fsp3) is 0. The van der Waals surface area contributed by atoms with Crippen LogP contribution in [0.4, 0.5) is 0 Å². The van der Waals surface area contributed by atoms with Gasteiger partial charge in [-0.15, -0.1) is 0 Å². The summed E-state index contributed by atoms with van der Waals surface area (Å²) >= 11 is 0. The molecule has 0 fully saturated rings. The van der Waals surface area contributed by atoms with Gasteiger partial charge >= 0.3 is 0 Å². The molecule has 1 radical (unpaired) electrons. The van der Waals surface area contributed by atoms with Crippen molar-refractivity contribution in [2.75, 3.05) is 0 Å². The molecule has 0 N–H and O–H groups in total. The maximum atomic E-state index is 4.72. The molecular weight excluding hydrogens is 256 g/mol. The van der Waals surface area contributed by atoms with E-state index in [1.807, 2.05) is 0 Å². The zero-order chi connectivity index (χ0) is 13.8. The Bertz CT molecular complexity index is 563. The lowest BCUT2D eigenvalue weighted by Crippen LogP contribution is -2.65. The molecule has 1 heteroatoms. The molecule has 97 valence electrons. The van der Waals surface area contributed by atoms with Crippen molar-refractivity contribution in [1.82, 2.24) is 0 Å². The van der Waals surface area contributed by atoms with E-state index in [4.69, 9.17) is 6.55 Å². The van der Waals surface area contributed by atoms with Crippen LogP contribution in [0, 0.1) is 6.55 Å². The molecule has 3 rings (SSSR count). The highest BCUT2D eigenvalue weighted by molar-refractivity contribution is 7.12. The zero-order valence-corrected chi connectivity index (χ0v) is 12.4. The smallest absolute Gasteiger partial charge is 0.0624 e. The van der Waals surface area contributed by atoms with E-state index < -0.39 is 8.07 Å². The summed E-state index contributed by atoms with van der Waals surface area (Å²) in [5.41, 5.74) is 0. The first-order valence-corrected chi connectivity index (χ1v) is 9.04. The molecule has 3 aromatic rings. The monoisotopic (exact) mass is 273 g/mol. The number of hydrogen-bond donors (Lipinski definition) is 0. The van der Waals surface area contributed by atoms with Crippen LogP contribution >= 0.6 is 0 Å². The van der Waals surface area contributed by atoms with Gasteiger partial charge in [0.25, 0.3) is 0 Å². The van der Waals surface area contributed by atoms with E-state index in [-0.39, 0.29) is 0 Å². The number of rotatable bonds is 3. The summed E-state index contributed by atoms with van der Waals surface area (Å²) in [7, 11) is -2.13. The van der Waals surface area contributed by atoms with Crippen molar-refractivity contribution in [2.45, 2.75) is 0 Å². The van der Waals surface area contributed by atoms with Gasteiger partial charge < -0.3 is 0 Å². The van der Waals surface area contributed by atoms with E-state index in [0.29, 0.717) is 0 Å². The van der Waals surface area contributed by atoms with Crippen LogP contribution in [0.2, 0.25) is 0 Å². The van der Waals surface area contributed by atoms with Gasteiger partial charge in [-0.1, -0.05) is 91.0 Å². The summed E-state index contributed by atoms with van der Waals surface area (Å²) in [6.07, 6.45) is 0. The van der Waals surface area contributed by atoms with E-state index in [1.54, 1.807) is 0 Å². The molecule has 0 nitrogen and oxygen atoms in total. The van der Waals surface area contributed by atoms with Gasteiger partial charge in [0.05, 0.1) is 0 Å². The van der Waals surface area contributed by atoms with E-state index in [0.717, 1.165) is 0 Å². The Balaban J connectivity index is 2.24. The van der Waals surface area contributed by atoms with E-state index >= 15 is 0 Å². The number of hydrogen-bond acceptors (Lipinski definition) is 0. The Kier molecular flexibility index (Phi) is 3.53. The molecule has 0 saturated heterocycles. The molecule has 0 aromatic heterocycles. The van der Waals surface area contributed by atoms with Crippen molar-refractivity contribution in [1.29, 1.82) is 0 Å². The highest BCUT2D eigenvalue weighted by atomic mass is 28.3. The van der Waals surface area contributed by atoms with Gasteiger partial charge in [-0.3, -0.25) is 0 Å². The quantitative estimate of drug-likeness (QED) is 0.508. The Hall–Kier alpha value is -2.12. The molecule has 0 bridgehead atoms. The first-order chi connectivity index (χ1) is 9.82. The molecule has 0 saturated carbocycles. The Morgan fingerprint density at radius 1 is 0.450 bits per heavy atom. The van der Waals surface area contributed by atoms with Crippen LogP contribution < -0.4 is 15.6 Å². The molecule has 0 unspecified atom stereocenters. The standard InChI is InChI=1S/C19H17Si/c1-20(17-11-5-2-6-12-17,18-13-7-3-8-14-18)19-15-9-4-10-16-19/h2-16H,1H2. The molecule has 0 aliphatic carbocycles. The average Bonchev–Trinajstić information content (AvgIpc) is 2.56. The average molecular weight is 273 g/mol. The number of benzene rings is 3. The summed E-state index contributed by atoms with van der Waals surface area (Å²) in [5.74, 6) is 0. The normalized spacial score (nSPS) is 11.2. The van der Waals surface area contributed by atoms with Gasteiger partial charge in [0.1, 0.15) is 8.07 Å². The summed E-state index contributed by atoms with van der Waals surface area (Å²) < 4.78 is 0. The van der Waals surface area contributed by atoms with Gasteiger partial charge in [0.15, 0.2) is 0 Å². The lowest BCUT2D eigenvalue weighted by molar-refractivity contribution is 1.68. The lowest BCUT2D eigenvalue weighted by atomic mass is 10.3. The maximum Gasteiger partial charge on any atom is 0.148 e. The van der Waals surface area contributed by atoms with Crippen LogP contribution in [0.25, 0.3) is 0 Å². The SMILES string of the molecule is [CH2][Si](c1ccccc1)(c1ccccc1)c1ccccc1. The molecule has 3 aromatic carbocycles. The zero-order valence-electron chi connectivity index (χ0n) is 11.4. The van der Waals surface area contributed by atoms with Crippen LogP contribution in [-0.4, -0.2) is 8.07 Å². The topological polar surface area (TPSA) is 0 Å². The summed E-state index contributed by atoms with van der Waals surface area (Å²) in [6, 6.07) is 32.1. The largest absolute Gasteiger partial charge is 0.148 e. The first-order valence-electron chi connectivity index (χ1n) is 6.84. The van der Waals surface area contributed by atoms with E-state index in [9.17, 15) is 0 Å². The fourth-order valence-electron chi connectivity index (χ4n) is 2.67. The molecule has 0 heterocycles. The van der Waals surface area contributed by atoms with Gasteiger partial charge in [0.2, 0.25) is 0 Å². The van der Waals surface area contributed by atoms with Crippen molar-refractivity contribution in [3.8, 4) is 0 Å². The van der Waals surface area contributed by atoms with Crippen LogP contribution in [-0.2, 0) is 0 Å². The summed E-state index contributed by atoms with van der Waals surface area (Å²) in [4.78, 5) is 0. The third kappa shape index (κ3) is 2.21. The minimum Gasteiger partial charge on any atom is -0.0624 e. The van der Waals surface area contributed by atoms with E-state index in [1.165, 1.54) is 15.6 Å². The fourth-order valence-corrected chi connectivity index (χ4v) is 5.95. The first kappa shape index (κ1) is 12.9. The Labute approximate surface area is 121 Å². The van der Waals surface area contributed by atoms with Crippen LogP contribution in [0.15, 0.2) is 91.0 Å². The van der Waals surface area contributed by atoms with Gasteiger partial charge in [-0.2, -0.15) is 0 Å². The van der Waals surface area contributed by atoms with Crippen molar-refractivity contribution in [3.05, 3.63) is 97.5 Å². The third-order valence-corrected chi connectivity index (χ3v) is 7.76. The van der Waals surface area contributed by atoms with Crippen molar-refractivity contribution >= 4 is 23.6 Å². The third-order valence-electron chi connectivity index (χ3n) is 3.80. The van der Waals surface area contributed by atoms with Crippen molar-refractivity contribution in [3.63, 3.8) is 0 Å². The predicted octanol–water partition coefficient (Wildman–Crippen LogP) is 2.53. The summed E-state index contributed by atoms with van der Waals surface area (Å²) in [6.45, 7) is 4.72. The second-order valence-electron chi connectivity index (χ2n) is 5.00. The van der Waals surface area contributed by atoms with Gasteiger partial charge in [0, 0.05) is 0 Å². The minimum atomic E-state index is -2.13. The molecule has 0 aliphatic rings. The summed E-state index contributed by atoms with van der Waals surface area (Å²) in [5, 5.41) is 4.03. The van der Waals surface area contributed by atoms with Crippen LogP contribution in [0.5, 0.6) is 0 Å². The highest BCUT2D eigenvalue weighted by Crippen LogP contribution is 2.05. The van der Waals surface area contributed by atoms with Crippen LogP contribution in [0.3, 0.4) is 0 Å². The minimum absolute atomic E-state index is 1.34. The molecule has 0 amide bonds. The molecular formula is C19H17Si. The highest BCUT2D eigenvalue weighted by Gasteiger charge is 2.33. The van der Waals surface area contributed by atoms with Crippen molar-refractivity contribution < 1.29 is 0 Å². The Morgan fingerprint density at radius 3 is 0.950 bits per heavy atom. The van der Waals surface area contributed by atoms with E-state index in [2.05, 4.69) is 91.0 Å². The maximum absolute atomic E-state index is 4.72. The molecule has 0 spiro atoms. The second-order valence-corrected chi connectivity index (χ2v) is 8.55. The lowest BCUT2D eigenvalue weighted by Gasteiger charge is -2.29. The Morgan fingerprint density at radius 2 is 0.700 bits per heavy atom. The van der Waals surface area contributed by atoms with Gasteiger partial charge in [-0.05, 0) is 22.1 Å².